The largest absolute Gasteiger partial charge is 0.349 e. The highest BCUT2D eigenvalue weighted by Gasteiger charge is 2.33. The Balaban J connectivity index is 2.58. The van der Waals surface area contributed by atoms with Gasteiger partial charge in [-0.2, -0.15) is 12.7 Å². The van der Waals surface area contributed by atoms with Crippen LogP contribution < -0.4 is 16.2 Å². The molecule has 1 unspecified atom stereocenters. The van der Waals surface area contributed by atoms with Gasteiger partial charge in [-0.1, -0.05) is 13.8 Å². The topological polar surface area (TPSA) is 119 Å². The number of nitrogens with two attached hydrogens (primary N) is 2. The Labute approximate surface area is 127 Å². The predicted octanol–water partition coefficient (Wildman–Crippen LogP) is -0.218. The highest BCUT2D eigenvalue weighted by Crippen LogP contribution is 2.21. The van der Waals surface area contributed by atoms with Crippen molar-refractivity contribution in [2.24, 2.45) is 22.7 Å². The number of piperidine rings is 1. The first kappa shape index (κ1) is 18.3. The Hall–Kier alpha value is -0.700. The second kappa shape index (κ2) is 7.04. The van der Waals surface area contributed by atoms with E-state index in [1.165, 1.54) is 4.31 Å². The van der Waals surface area contributed by atoms with Crippen LogP contribution in [0, 0.1) is 11.8 Å². The SMILES string of the molecule is CC(C)CC(C)(CN)NC(=O)C1CCN(S(N)(=O)=O)CC1. The van der Waals surface area contributed by atoms with E-state index in [2.05, 4.69) is 19.2 Å². The van der Waals surface area contributed by atoms with Crippen molar-refractivity contribution in [1.29, 1.82) is 0 Å². The fourth-order valence-corrected chi connectivity index (χ4v) is 3.58. The maximum atomic E-state index is 12.3. The third-order valence-electron chi connectivity index (χ3n) is 3.92. The lowest BCUT2D eigenvalue weighted by Gasteiger charge is -2.35. The molecule has 7 nitrogen and oxygen atoms in total. The summed E-state index contributed by atoms with van der Waals surface area (Å²) in [6, 6.07) is 0. The third kappa shape index (κ3) is 5.54. The van der Waals surface area contributed by atoms with Crippen LogP contribution >= 0.6 is 0 Å². The molecular weight excluding hydrogens is 292 g/mol. The van der Waals surface area contributed by atoms with Gasteiger partial charge in [0.2, 0.25) is 5.91 Å². The van der Waals surface area contributed by atoms with Crippen LogP contribution in [0.2, 0.25) is 0 Å². The summed E-state index contributed by atoms with van der Waals surface area (Å²) in [5.74, 6) is 0.210. The molecule has 1 saturated heterocycles. The van der Waals surface area contributed by atoms with Crippen molar-refractivity contribution in [3.05, 3.63) is 0 Å². The average molecular weight is 320 g/mol. The molecule has 0 radical (unpaired) electrons. The number of hydrogen-bond donors (Lipinski definition) is 3. The van der Waals surface area contributed by atoms with E-state index in [-0.39, 0.29) is 11.8 Å². The van der Waals surface area contributed by atoms with Gasteiger partial charge < -0.3 is 11.1 Å². The lowest BCUT2D eigenvalue weighted by atomic mass is 9.89. The van der Waals surface area contributed by atoms with Crippen molar-refractivity contribution < 1.29 is 13.2 Å². The van der Waals surface area contributed by atoms with Crippen LogP contribution in [0.25, 0.3) is 0 Å². The van der Waals surface area contributed by atoms with E-state index in [0.29, 0.717) is 38.4 Å². The predicted molar refractivity (Wildman–Crippen MR) is 82.5 cm³/mol. The first-order chi connectivity index (χ1) is 9.57. The maximum absolute atomic E-state index is 12.3. The Kier molecular flexibility index (Phi) is 6.15. The molecule has 124 valence electrons. The molecule has 1 aliphatic heterocycles. The Bertz CT molecular complexity index is 458. The average Bonchev–Trinajstić information content (AvgIpc) is 2.36. The summed E-state index contributed by atoms with van der Waals surface area (Å²) >= 11 is 0. The zero-order valence-electron chi connectivity index (χ0n) is 13.1. The number of hydrogen-bond acceptors (Lipinski definition) is 4. The highest BCUT2D eigenvalue weighted by molar-refractivity contribution is 7.86. The molecule has 0 bridgehead atoms. The minimum Gasteiger partial charge on any atom is -0.349 e. The van der Waals surface area contributed by atoms with E-state index in [4.69, 9.17) is 10.9 Å². The monoisotopic (exact) mass is 320 g/mol. The minimum atomic E-state index is -3.65. The zero-order valence-corrected chi connectivity index (χ0v) is 13.9. The summed E-state index contributed by atoms with van der Waals surface area (Å²) in [6.07, 6.45) is 1.79. The third-order valence-corrected chi connectivity index (χ3v) is 5.00. The molecule has 1 heterocycles. The molecule has 0 spiro atoms. The molecular formula is C13H28N4O3S. The van der Waals surface area contributed by atoms with Gasteiger partial charge in [0.05, 0.1) is 0 Å². The fourth-order valence-electron chi connectivity index (χ4n) is 2.86. The van der Waals surface area contributed by atoms with Crippen LogP contribution in [0.4, 0.5) is 0 Å². The van der Waals surface area contributed by atoms with Gasteiger partial charge >= 0.3 is 0 Å². The first-order valence-corrected chi connectivity index (χ1v) is 8.87. The van der Waals surface area contributed by atoms with Crippen molar-refractivity contribution in [2.75, 3.05) is 19.6 Å². The lowest BCUT2D eigenvalue weighted by Crippen LogP contribution is -2.55. The van der Waals surface area contributed by atoms with E-state index in [1.807, 2.05) is 6.92 Å². The molecule has 0 aromatic heterocycles. The molecule has 1 rings (SSSR count). The Morgan fingerprint density at radius 1 is 1.38 bits per heavy atom. The van der Waals surface area contributed by atoms with Crippen molar-refractivity contribution in [3.8, 4) is 0 Å². The van der Waals surface area contributed by atoms with Crippen LogP contribution in [0.15, 0.2) is 0 Å². The summed E-state index contributed by atoms with van der Waals surface area (Å²) < 4.78 is 23.7. The second-order valence-electron chi connectivity index (χ2n) is 6.57. The Morgan fingerprint density at radius 3 is 2.29 bits per heavy atom. The molecule has 0 aromatic rings. The molecule has 1 amide bonds. The van der Waals surface area contributed by atoms with Crippen LogP contribution in [0.5, 0.6) is 0 Å². The minimum absolute atomic E-state index is 0.0438. The van der Waals surface area contributed by atoms with Gasteiger partial charge in [-0.25, -0.2) is 5.14 Å². The summed E-state index contributed by atoms with van der Waals surface area (Å²) in [5.41, 5.74) is 5.38. The number of rotatable bonds is 6. The lowest BCUT2D eigenvalue weighted by molar-refractivity contribution is -0.128. The van der Waals surface area contributed by atoms with Gasteiger partial charge in [0, 0.05) is 31.1 Å². The Morgan fingerprint density at radius 2 is 1.90 bits per heavy atom. The molecule has 0 aliphatic carbocycles. The second-order valence-corrected chi connectivity index (χ2v) is 8.12. The molecule has 5 N–H and O–H groups in total. The molecule has 8 heteroatoms. The summed E-state index contributed by atoms with van der Waals surface area (Å²) in [6.45, 7) is 7.09. The van der Waals surface area contributed by atoms with Gasteiger partial charge in [0.25, 0.3) is 10.2 Å². The van der Waals surface area contributed by atoms with Crippen molar-refractivity contribution in [2.45, 2.75) is 45.6 Å². The van der Waals surface area contributed by atoms with E-state index in [1.54, 1.807) is 0 Å². The highest BCUT2D eigenvalue weighted by atomic mass is 32.2. The quantitative estimate of drug-likeness (QED) is 0.627. The fraction of sp³-hybridized carbons (Fsp3) is 0.923. The summed E-state index contributed by atoms with van der Waals surface area (Å²) in [5, 5.41) is 8.13. The van der Waals surface area contributed by atoms with E-state index >= 15 is 0 Å². The molecule has 0 saturated carbocycles. The first-order valence-electron chi connectivity index (χ1n) is 7.37. The van der Waals surface area contributed by atoms with E-state index in [0.717, 1.165) is 6.42 Å². The number of amides is 1. The molecule has 1 fully saturated rings. The van der Waals surface area contributed by atoms with Crippen LogP contribution in [-0.4, -0.2) is 43.8 Å². The van der Waals surface area contributed by atoms with Crippen molar-refractivity contribution >= 4 is 16.1 Å². The van der Waals surface area contributed by atoms with Gasteiger partial charge in [-0.15, -0.1) is 0 Å². The standard InChI is InChI=1S/C13H28N4O3S/c1-10(2)8-13(3,9-14)16-12(18)11-4-6-17(7-5-11)21(15,19)20/h10-11H,4-9,14H2,1-3H3,(H,16,18)(H2,15,19,20). The summed E-state index contributed by atoms with van der Waals surface area (Å²) in [7, 11) is -3.65. The van der Waals surface area contributed by atoms with Gasteiger partial charge in [-0.05, 0) is 32.1 Å². The van der Waals surface area contributed by atoms with Crippen molar-refractivity contribution in [1.82, 2.24) is 9.62 Å². The van der Waals surface area contributed by atoms with Gasteiger partial charge in [0.1, 0.15) is 0 Å². The smallest absolute Gasteiger partial charge is 0.276 e. The number of nitrogens with one attached hydrogen (secondary N) is 1. The van der Waals surface area contributed by atoms with E-state index < -0.39 is 15.7 Å². The van der Waals surface area contributed by atoms with Gasteiger partial charge in [0.15, 0.2) is 0 Å². The normalized spacial score (nSPS) is 21.2. The number of carbonyl (C=O) groups excluding carboxylic acids is 1. The van der Waals surface area contributed by atoms with Gasteiger partial charge in [-0.3, -0.25) is 4.79 Å². The van der Waals surface area contributed by atoms with Crippen molar-refractivity contribution in [3.63, 3.8) is 0 Å². The zero-order chi connectivity index (χ0) is 16.3. The number of nitrogens with zero attached hydrogens (tertiary/aromatic N) is 1. The van der Waals surface area contributed by atoms with Crippen LogP contribution in [0.1, 0.15) is 40.0 Å². The molecule has 1 aliphatic rings. The number of carbonyl (C=O) groups is 1. The molecule has 1 atom stereocenters. The van der Waals surface area contributed by atoms with Crippen LogP contribution in [0.3, 0.4) is 0 Å². The molecule has 0 aromatic carbocycles. The molecule has 21 heavy (non-hydrogen) atoms. The van der Waals surface area contributed by atoms with Crippen LogP contribution in [-0.2, 0) is 15.0 Å². The summed E-state index contributed by atoms with van der Waals surface area (Å²) in [4.78, 5) is 12.3. The maximum Gasteiger partial charge on any atom is 0.276 e. The van der Waals surface area contributed by atoms with E-state index in [9.17, 15) is 13.2 Å².